The minimum absolute atomic E-state index is 0.00808. The molecule has 0 fully saturated rings. The summed E-state index contributed by atoms with van der Waals surface area (Å²) in [6.45, 7) is 4.95. The van der Waals surface area contributed by atoms with Crippen LogP contribution in [0.3, 0.4) is 0 Å². The molecule has 15 heavy (non-hydrogen) atoms. The van der Waals surface area contributed by atoms with E-state index in [9.17, 15) is 4.79 Å². The lowest BCUT2D eigenvalue weighted by Crippen LogP contribution is -2.36. The van der Waals surface area contributed by atoms with Crippen molar-refractivity contribution in [3.8, 4) is 0 Å². The monoisotopic (exact) mass is 251 g/mol. The minimum Gasteiger partial charge on any atom is -0.446 e. The first kappa shape index (κ1) is 12.7. The summed E-state index contributed by atoms with van der Waals surface area (Å²) in [5.41, 5.74) is 1.30. The van der Waals surface area contributed by atoms with Crippen LogP contribution in [0.1, 0.15) is 20.3 Å². The maximum atomic E-state index is 11.5. The average molecular weight is 252 g/mol. The molecule has 1 heterocycles. The zero-order chi connectivity index (χ0) is 11.5. The molecule has 5 heteroatoms. The standard InChI is InChI=1S/C10H15Cl2NO2/c1-8-3-5-13(6-4-8)9(14)15-7-10(2,11)12/h3H,4-7H2,1-2H3. The van der Waals surface area contributed by atoms with Gasteiger partial charge in [0.25, 0.3) is 0 Å². The van der Waals surface area contributed by atoms with Crippen LogP contribution >= 0.6 is 23.2 Å². The highest BCUT2D eigenvalue weighted by atomic mass is 35.5. The summed E-state index contributed by atoms with van der Waals surface area (Å²) in [5, 5.41) is 0. The smallest absolute Gasteiger partial charge is 0.410 e. The van der Waals surface area contributed by atoms with Crippen molar-refractivity contribution in [3.05, 3.63) is 11.6 Å². The Labute approximate surface area is 100.0 Å². The number of nitrogens with zero attached hydrogens (tertiary/aromatic N) is 1. The summed E-state index contributed by atoms with van der Waals surface area (Å²) in [6.07, 6.45) is 2.56. The van der Waals surface area contributed by atoms with Gasteiger partial charge in [-0.05, 0) is 20.3 Å². The van der Waals surface area contributed by atoms with Gasteiger partial charge in [0.05, 0.1) is 0 Å². The van der Waals surface area contributed by atoms with Gasteiger partial charge in [-0.25, -0.2) is 4.79 Å². The maximum Gasteiger partial charge on any atom is 0.410 e. The molecule has 0 bridgehead atoms. The highest BCUT2D eigenvalue weighted by Crippen LogP contribution is 2.20. The van der Waals surface area contributed by atoms with Gasteiger partial charge in [0, 0.05) is 13.1 Å². The van der Waals surface area contributed by atoms with Crippen molar-refractivity contribution in [2.75, 3.05) is 19.7 Å². The molecule has 1 aliphatic heterocycles. The third kappa shape index (κ3) is 4.76. The van der Waals surface area contributed by atoms with Gasteiger partial charge in [-0.2, -0.15) is 0 Å². The molecule has 1 aliphatic rings. The Morgan fingerprint density at radius 3 is 2.80 bits per heavy atom. The van der Waals surface area contributed by atoms with E-state index in [2.05, 4.69) is 6.92 Å². The highest BCUT2D eigenvalue weighted by Gasteiger charge is 2.22. The van der Waals surface area contributed by atoms with E-state index < -0.39 is 4.33 Å². The Morgan fingerprint density at radius 2 is 2.33 bits per heavy atom. The second-order valence-corrected chi connectivity index (χ2v) is 5.73. The van der Waals surface area contributed by atoms with Gasteiger partial charge >= 0.3 is 6.09 Å². The molecule has 1 rings (SSSR count). The number of alkyl halides is 2. The van der Waals surface area contributed by atoms with Gasteiger partial charge in [-0.15, -0.1) is 0 Å². The first-order valence-corrected chi connectivity index (χ1v) is 5.59. The van der Waals surface area contributed by atoms with Crippen LogP contribution in [0.5, 0.6) is 0 Å². The predicted molar refractivity (Wildman–Crippen MR) is 61.4 cm³/mol. The quantitative estimate of drug-likeness (QED) is 0.558. The first-order chi connectivity index (χ1) is 6.88. The number of ether oxygens (including phenoxy) is 1. The fourth-order valence-electron chi connectivity index (χ4n) is 1.22. The van der Waals surface area contributed by atoms with Crippen LogP contribution in [-0.4, -0.2) is 35.0 Å². The van der Waals surface area contributed by atoms with E-state index in [0.29, 0.717) is 13.1 Å². The van der Waals surface area contributed by atoms with Gasteiger partial charge in [0.2, 0.25) is 0 Å². The summed E-state index contributed by atoms with van der Waals surface area (Å²) in [7, 11) is 0. The third-order valence-electron chi connectivity index (χ3n) is 2.14. The summed E-state index contributed by atoms with van der Waals surface area (Å²) in [5.74, 6) is 0. The van der Waals surface area contributed by atoms with Crippen LogP contribution in [0, 0.1) is 0 Å². The molecule has 0 N–H and O–H groups in total. The van der Waals surface area contributed by atoms with E-state index in [1.807, 2.05) is 6.08 Å². The molecule has 1 amide bonds. The highest BCUT2D eigenvalue weighted by molar-refractivity contribution is 6.48. The Hall–Kier alpha value is -0.410. The summed E-state index contributed by atoms with van der Waals surface area (Å²) >= 11 is 11.4. The fraction of sp³-hybridized carbons (Fsp3) is 0.700. The van der Waals surface area contributed by atoms with Crippen molar-refractivity contribution >= 4 is 29.3 Å². The summed E-state index contributed by atoms with van der Waals surface area (Å²) in [6, 6.07) is 0. The van der Waals surface area contributed by atoms with Gasteiger partial charge in [0.15, 0.2) is 0 Å². The topological polar surface area (TPSA) is 29.5 Å². The zero-order valence-electron chi connectivity index (χ0n) is 8.93. The second-order valence-electron chi connectivity index (χ2n) is 3.87. The number of hydrogen-bond donors (Lipinski definition) is 0. The molecular formula is C10H15Cl2NO2. The summed E-state index contributed by atoms with van der Waals surface area (Å²) in [4.78, 5) is 13.1. The first-order valence-electron chi connectivity index (χ1n) is 4.83. The maximum absolute atomic E-state index is 11.5. The fourth-order valence-corrected chi connectivity index (χ4v) is 1.33. The normalized spacial score (nSPS) is 17.3. The van der Waals surface area contributed by atoms with Gasteiger partial charge in [-0.1, -0.05) is 34.9 Å². The Morgan fingerprint density at radius 1 is 1.67 bits per heavy atom. The van der Waals surface area contributed by atoms with Crippen molar-refractivity contribution in [2.45, 2.75) is 24.6 Å². The molecule has 0 atom stereocenters. The van der Waals surface area contributed by atoms with Crippen molar-refractivity contribution in [1.82, 2.24) is 4.90 Å². The molecule has 0 saturated heterocycles. The molecule has 86 valence electrons. The third-order valence-corrected chi connectivity index (χ3v) is 2.36. The molecule has 0 spiro atoms. The number of carbonyl (C=O) groups excluding carboxylic acids is 1. The van der Waals surface area contributed by atoms with E-state index in [0.717, 1.165) is 6.42 Å². The van der Waals surface area contributed by atoms with Gasteiger partial charge in [-0.3, -0.25) is 0 Å². The predicted octanol–water partition coefficient (Wildman–Crippen LogP) is 2.97. The molecule has 3 nitrogen and oxygen atoms in total. The number of halogens is 2. The molecule has 0 aromatic heterocycles. The number of rotatable bonds is 2. The van der Waals surface area contributed by atoms with E-state index in [1.54, 1.807) is 11.8 Å². The SMILES string of the molecule is CC1=CCN(C(=O)OCC(C)(Cl)Cl)CC1. The van der Waals surface area contributed by atoms with Crippen LogP contribution in [0.2, 0.25) is 0 Å². The van der Waals surface area contributed by atoms with Crippen molar-refractivity contribution in [2.24, 2.45) is 0 Å². The molecule has 0 unspecified atom stereocenters. The van der Waals surface area contributed by atoms with Crippen LogP contribution in [0.15, 0.2) is 11.6 Å². The number of carbonyl (C=O) groups is 1. The van der Waals surface area contributed by atoms with Crippen LogP contribution in [-0.2, 0) is 4.74 Å². The molecule has 0 radical (unpaired) electrons. The number of amides is 1. The van der Waals surface area contributed by atoms with Crippen LogP contribution in [0.4, 0.5) is 4.79 Å². The van der Waals surface area contributed by atoms with Gasteiger partial charge in [0.1, 0.15) is 10.9 Å². The largest absolute Gasteiger partial charge is 0.446 e. The molecule has 0 aliphatic carbocycles. The molecule has 0 aromatic rings. The molecular weight excluding hydrogens is 237 g/mol. The Balaban J connectivity index is 2.36. The Bertz CT molecular complexity index is 271. The Kier molecular flexibility index (Phi) is 4.29. The van der Waals surface area contributed by atoms with Crippen LogP contribution in [0.25, 0.3) is 0 Å². The molecule has 0 aromatic carbocycles. The average Bonchev–Trinajstić information content (AvgIpc) is 2.14. The van der Waals surface area contributed by atoms with E-state index in [1.165, 1.54) is 5.57 Å². The van der Waals surface area contributed by atoms with Gasteiger partial charge < -0.3 is 9.64 Å². The number of hydrogen-bond acceptors (Lipinski definition) is 2. The van der Waals surface area contributed by atoms with Crippen molar-refractivity contribution < 1.29 is 9.53 Å². The van der Waals surface area contributed by atoms with E-state index >= 15 is 0 Å². The lowest BCUT2D eigenvalue weighted by molar-refractivity contribution is 0.103. The van der Waals surface area contributed by atoms with Crippen molar-refractivity contribution in [1.29, 1.82) is 0 Å². The van der Waals surface area contributed by atoms with E-state index in [4.69, 9.17) is 27.9 Å². The van der Waals surface area contributed by atoms with E-state index in [-0.39, 0.29) is 12.7 Å². The minimum atomic E-state index is -1.02. The lowest BCUT2D eigenvalue weighted by atomic mass is 10.1. The zero-order valence-corrected chi connectivity index (χ0v) is 10.4. The van der Waals surface area contributed by atoms with Crippen LogP contribution < -0.4 is 0 Å². The second kappa shape index (κ2) is 5.08. The van der Waals surface area contributed by atoms with Crippen molar-refractivity contribution in [3.63, 3.8) is 0 Å². The summed E-state index contributed by atoms with van der Waals surface area (Å²) < 4.78 is 3.96. The molecule has 0 saturated carbocycles. The lowest BCUT2D eigenvalue weighted by Gasteiger charge is -2.25.